The maximum absolute atomic E-state index is 8.71. The summed E-state index contributed by atoms with van der Waals surface area (Å²) in [7, 11) is 0. The van der Waals surface area contributed by atoms with Crippen molar-refractivity contribution < 1.29 is 0 Å². The van der Waals surface area contributed by atoms with Crippen molar-refractivity contribution in [1.82, 2.24) is 0 Å². The smallest absolute Gasteiger partial charge is 0.0991 e. The lowest BCUT2D eigenvalue weighted by Gasteiger charge is -2.08. The second-order valence-electron chi connectivity index (χ2n) is 4.29. The number of nitrogens with one attached hydrogen (secondary N) is 1. The summed E-state index contributed by atoms with van der Waals surface area (Å²) in [5, 5.41) is 12.1. The highest BCUT2D eigenvalue weighted by molar-refractivity contribution is 5.47. The number of anilines is 1. The summed E-state index contributed by atoms with van der Waals surface area (Å²) >= 11 is 0. The number of rotatable bonds is 4. The van der Waals surface area contributed by atoms with Crippen molar-refractivity contribution in [1.29, 1.82) is 5.26 Å². The van der Waals surface area contributed by atoms with E-state index in [2.05, 4.69) is 42.6 Å². The Kier molecular flexibility index (Phi) is 3.98. The Labute approximate surface area is 108 Å². The van der Waals surface area contributed by atoms with Gasteiger partial charge in [0.2, 0.25) is 0 Å². The van der Waals surface area contributed by atoms with Crippen molar-refractivity contribution in [2.75, 3.05) is 11.9 Å². The highest BCUT2D eigenvalue weighted by atomic mass is 14.9. The molecule has 0 fully saturated rings. The first-order valence-corrected chi connectivity index (χ1v) is 6.08. The van der Waals surface area contributed by atoms with Gasteiger partial charge >= 0.3 is 0 Å². The van der Waals surface area contributed by atoms with Gasteiger partial charge in [-0.1, -0.05) is 24.3 Å². The Morgan fingerprint density at radius 2 is 1.78 bits per heavy atom. The Bertz CT molecular complexity index is 550. The molecule has 0 saturated heterocycles. The maximum atomic E-state index is 8.71. The fourth-order valence-electron chi connectivity index (χ4n) is 1.89. The zero-order valence-electron chi connectivity index (χ0n) is 10.5. The van der Waals surface area contributed by atoms with Crippen LogP contribution in [-0.2, 0) is 6.42 Å². The Morgan fingerprint density at radius 1 is 1.06 bits per heavy atom. The number of nitriles is 1. The lowest BCUT2D eigenvalue weighted by molar-refractivity contribution is 1.01. The minimum Gasteiger partial charge on any atom is -0.385 e. The molecule has 0 spiro atoms. The average molecular weight is 236 g/mol. The van der Waals surface area contributed by atoms with Crippen molar-refractivity contribution in [2.24, 2.45) is 0 Å². The third-order valence-electron chi connectivity index (χ3n) is 3.00. The molecule has 0 saturated carbocycles. The van der Waals surface area contributed by atoms with Gasteiger partial charge in [0.25, 0.3) is 0 Å². The molecule has 0 unspecified atom stereocenters. The minimum absolute atomic E-state index is 0.694. The van der Waals surface area contributed by atoms with Gasteiger partial charge in [-0.15, -0.1) is 0 Å². The summed E-state index contributed by atoms with van der Waals surface area (Å²) in [4.78, 5) is 0. The van der Waals surface area contributed by atoms with E-state index in [4.69, 9.17) is 5.26 Å². The number of nitrogens with zero attached hydrogens (tertiary/aromatic N) is 1. The van der Waals surface area contributed by atoms with Crippen LogP contribution < -0.4 is 5.32 Å². The number of aryl methyl sites for hydroxylation is 1. The summed E-state index contributed by atoms with van der Waals surface area (Å²) in [6.07, 6.45) is 1.01. The Morgan fingerprint density at radius 3 is 2.44 bits per heavy atom. The van der Waals surface area contributed by atoms with Crippen LogP contribution in [0.1, 0.15) is 16.7 Å². The van der Waals surface area contributed by atoms with Gasteiger partial charge in [0.15, 0.2) is 0 Å². The molecule has 2 heteroatoms. The van der Waals surface area contributed by atoms with Crippen molar-refractivity contribution in [3.05, 3.63) is 65.2 Å². The minimum atomic E-state index is 0.694. The van der Waals surface area contributed by atoms with Crippen LogP contribution in [-0.4, -0.2) is 6.54 Å². The van der Waals surface area contributed by atoms with Crippen LogP contribution in [0.15, 0.2) is 48.5 Å². The topological polar surface area (TPSA) is 35.8 Å². The molecule has 0 atom stereocenters. The lowest BCUT2D eigenvalue weighted by atomic mass is 10.1. The van der Waals surface area contributed by atoms with E-state index in [1.54, 1.807) is 0 Å². The first-order chi connectivity index (χ1) is 8.79. The molecule has 0 heterocycles. The van der Waals surface area contributed by atoms with Gasteiger partial charge < -0.3 is 5.32 Å². The van der Waals surface area contributed by atoms with Gasteiger partial charge in [-0.05, 0) is 48.7 Å². The Balaban J connectivity index is 1.89. The van der Waals surface area contributed by atoms with Crippen molar-refractivity contribution in [3.8, 4) is 6.07 Å². The predicted molar refractivity (Wildman–Crippen MR) is 74.5 cm³/mol. The third-order valence-corrected chi connectivity index (χ3v) is 3.00. The fraction of sp³-hybridized carbons (Fsp3) is 0.188. The molecule has 2 rings (SSSR count). The van der Waals surface area contributed by atoms with Crippen molar-refractivity contribution >= 4 is 5.69 Å². The molecule has 0 aliphatic carbocycles. The second-order valence-corrected chi connectivity index (χ2v) is 4.29. The van der Waals surface area contributed by atoms with Crippen molar-refractivity contribution in [3.63, 3.8) is 0 Å². The number of hydrogen-bond acceptors (Lipinski definition) is 2. The van der Waals surface area contributed by atoms with Crippen LogP contribution in [0, 0.1) is 18.3 Å². The molecule has 2 aromatic rings. The highest BCUT2D eigenvalue weighted by Gasteiger charge is 1.97. The molecule has 18 heavy (non-hydrogen) atoms. The normalized spacial score (nSPS) is 9.78. The van der Waals surface area contributed by atoms with Crippen LogP contribution in [0.25, 0.3) is 0 Å². The molecule has 0 aromatic heterocycles. The lowest BCUT2D eigenvalue weighted by Crippen LogP contribution is -2.05. The van der Waals surface area contributed by atoms with E-state index in [0.717, 1.165) is 18.7 Å². The summed E-state index contributed by atoms with van der Waals surface area (Å²) in [5.74, 6) is 0. The van der Waals surface area contributed by atoms with Crippen LogP contribution in [0.3, 0.4) is 0 Å². The van der Waals surface area contributed by atoms with E-state index < -0.39 is 0 Å². The van der Waals surface area contributed by atoms with E-state index in [-0.39, 0.29) is 0 Å². The summed E-state index contributed by atoms with van der Waals surface area (Å²) < 4.78 is 0. The summed E-state index contributed by atoms with van der Waals surface area (Å²) in [6.45, 7) is 3.04. The van der Waals surface area contributed by atoms with Crippen LogP contribution in [0.2, 0.25) is 0 Å². The first kappa shape index (κ1) is 12.2. The van der Waals surface area contributed by atoms with Gasteiger partial charge in [-0.25, -0.2) is 0 Å². The van der Waals surface area contributed by atoms with E-state index in [1.165, 1.54) is 11.1 Å². The standard InChI is InChI=1S/C16H16N2/c1-13-4-2-3-5-15(13)10-11-18-16-8-6-14(12-17)7-9-16/h2-9,18H,10-11H2,1H3. The molecule has 0 radical (unpaired) electrons. The highest BCUT2D eigenvalue weighted by Crippen LogP contribution is 2.11. The van der Waals surface area contributed by atoms with Gasteiger partial charge in [0, 0.05) is 12.2 Å². The molecule has 2 aromatic carbocycles. The third kappa shape index (κ3) is 3.11. The van der Waals surface area contributed by atoms with Crippen LogP contribution in [0.4, 0.5) is 5.69 Å². The molecule has 0 aliphatic rings. The van der Waals surface area contributed by atoms with Gasteiger partial charge in [-0.3, -0.25) is 0 Å². The molecule has 0 aliphatic heterocycles. The zero-order chi connectivity index (χ0) is 12.8. The Hall–Kier alpha value is -2.27. The maximum Gasteiger partial charge on any atom is 0.0991 e. The number of benzene rings is 2. The molecule has 1 N–H and O–H groups in total. The average Bonchev–Trinajstić information content (AvgIpc) is 2.42. The van der Waals surface area contributed by atoms with Gasteiger partial charge in [0.1, 0.15) is 0 Å². The van der Waals surface area contributed by atoms with Gasteiger partial charge in [-0.2, -0.15) is 5.26 Å². The van der Waals surface area contributed by atoms with E-state index in [9.17, 15) is 0 Å². The SMILES string of the molecule is Cc1ccccc1CCNc1ccc(C#N)cc1. The van der Waals surface area contributed by atoms with Crippen LogP contribution >= 0.6 is 0 Å². The number of hydrogen-bond donors (Lipinski definition) is 1. The molecule has 90 valence electrons. The first-order valence-electron chi connectivity index (χ1n) is 6.08. The molecule has 0 amide bonds. The van der Waals surface area contributed by atoms with Crippen molar-refractivity contribution in [2.45, 2.75) is 13.3 Å². The van der Waals surface area contributed by atoms with E-state index in [0.29, 0.717) is 5.56 Å². The zero-order valence-corrected chi connectivity index (χ0v) is 10.5. The molecule has 0 bridgehead atoms. The van der Waals surface area contributed by atoms with E-state index >= 15 is 0 Å². The quantitative estimate of drug-likeness (QED) is 0.881. The molecule has 2 nitrogen and oxygen atoms in total. The molecular weight excluding hydrogens is 220 g/mol. The second kappa shape index (κ2) is 5.88. The summed E-state index contributed by atoms with van der Waals surface area (Å²) in [6, 6.07) is 18.1. The largest absolute Gasteiger partial charge is 0.385 e. The van der Waals surface area contributed by atoms with Gasteiger partial charge in [0.05, 0.1) is 11.6 Å². The van der Waals surface area contributed by atoms with E-state index in [1.807, 2.05) is 24.3 Å². The predicted octanol–water partition coefficient (Wildman–Crippen LogP) is 3.52. The molecular formula is C16H16N2. The van der Waals surface area contributed by atoms with Crippen LogP contribution in [0.5, 0.6) is 0 Å². The fourth-order valence-corrected chi connectivity index (χ4v) is 1.89. The monoisotopic (exact) mass is 236 g/mol. The summed E-state index contributed by atoms with van der Waals surface area (Å²) in [5.41, 5.74) is 4.46.